The molecule has 162 valence electrons. The summed E-state index contributed by atoms with van der Waals surface area (Å²) in [7, 11) is 0. The van der Waals surface area contributed by atoms with Crippen LogP contribution in [0.15, 0.2) is 72.8 Å². The number of halogens is 1. The lowest BCUT2D eigenvalue weighted by Crippen LogP contribution is -2.16. The summed E-state index contributed by atoms with van der Waals surface area (Å²) >= 11 is 8.01. The number of carboxylic acid groups (broad SMARTS) is 1. The van der Waals surface area contributed by atoms with Crippen LogP contribution in [0, 0.1) is 0 Å². The SMILES string of the molecule is CC(C)(O)c1cc(-c2ccc(-c3ccccc3C=CC(=O)O)s2)n(-c2ccccc2Cl)n1. The molecule has 0 atom stereocenters. The Balaban J connectivity index is 1.83. The van der Waals surface area contributed by atoms with Gasteiger partial charge in [0.1, 0.15) is 5.60 Å². The van der Waals surface area contributed by atoms with Crippen LogP contribution >= 0.6 is 22.9 Å². The van der Waals surface area contributed by atoms with E-state index in [1.807, 2.05) is 60.7 Å². The van der Waals surface area contributed by atoms with Crippen LogP contribution in [0.2, 0.25) is 5.02 Å². The highest BCUT2D eigenvalue weighted by Gasteiger charge is 2.24. The smallest absolute Gasteiger partial charge is 0.328 e. The highest BCUT2D eigenvalue weighted by molar-refractivity contribution is 7.18. The monoisotopic (exact) mass is 464 g/mol. The topological polar surface area (TPSA) is 75.3 Å². The molecule has 4 rings (SSSR count). The lowest BCUT2D eigenvalue weighted by atomic mass is 10.1. The van der Waals surface area contributed by atoms with Crippen molar-refractivity contribution in [3.05, 3.63) is 89.1 Å². The molecule has 0 unspecified atom stereocenters. The third-order valence-corrected chi connectivity index (χ3v) is 6.37. The van der Waals surface area contributed by atoms with Crippen LogP contribution in [-0.2, 0) is 10.4 Å². The van der Waals surface area contributed by atoms with Crippen molar-refractivity contribution < 1.29 is 15.0 Å². The Morgan fingerprint density at radius 3 is 2.47 bits per heavy atom. The van der Waals surface area contributed by atoms with E-state index >= 15 is 0 Å². The van der Waals surface area contributed by atoms with Crippen molar-refractivity contribution in [2.75, 3.05) is 0 Å². The van der Waals surface area contributed by atoms with Gasteiger partial charge in [-0.3, -0.25) is 0 Å². The minimum Gasteiger partial charge on any atom is -0.478 e. The number of carbonyl (C=O) groups is 1. The third kappa shape index (κ3) is 4.53. The van der Waals surface area contributed by atoms with Gasteiger partial charge in [0.2, 0.25) is 0 Å². The van der Waals surface area contributed by atoms with Gasteiger partial charge in [-0.2, -0.15) is 5.10 Å². The molecule has 32 heavy (non-hydrogen) atoms. The van der Waals surface area contributed by atoms with Crippen LogP contribution in [0.3, 0.4) is 0 Å². The molecular formula is C25H21ClN2O3S. The van der Waals surface area contributed by atoms with Crippen LogP contribution in [-0.4, -0.2) is 26.0 Å². The molecule has 2 heterocycles. The number of aliphatic hydroxyl groups is 1. The Kier molecular flexibility index (Phi) is 6.02. The molecule has 0 saturated heterocycles. The van der Waals surface area contributed by atoms with E-state index in [9.17, 15) is 9.90 Å². The molecule has 0 aliphatic carbocycles. The lowest BCUT2D eigenvalue weighted by Gasteiger charge is -2.13. The number of hydrogen-bond acceptors (Lipinski definition) is 4. The number of carboxylic acids is 1. The molecule has 0 fully saturated rings. The fourth-order valence-electron chi connectivity index (χ4n) is 3.31. The quantitative estimate of drug-likeness (QED) is 0.331. The van der Waals surface area contributed by atoms with Crippen molar-refractivity contribution in [1.82, 2.24) is 9.78 Å². The number of para-hydroxylation sites is 1. The summed E-state index contributed by atoms with van der Waals surface area (Å²) in [5, 5.41) is 24.8. The first-order chi connectivity index (χ1) is 15.2. The predicted octanol–water partition coefficient (Wildman–Crippen LogP) is 6.25. The first-order valence-corrected chi connectivity index (χ1v) is 11.1. The van der Waals surface area contributed by atoms with Gasteiger partial charge in [0, 0.05) is 11.0 Å². The first kappa shape index (κ1) is 22.0. The van der Waals surface area contributed by atoms with Crippen LogP contribution in [0.25, 0.3) is 32.8 Å². The van der Waals surface area contributed by atoms with Crippen molar-refractivity contribution in [3.8, 4) is 26.7 Å². The standard InChI is InChI=1S/C25H21ClN2O3S/c1-25(2,31)23-15-20(28(27-23)19-10-6-5-9-18(19)26)22-13-12-21(32-22)17-8-4-3-7-16(17)11-14-24(29)30/h3-15,31H,1-2H3,(H,29,30). The van der Waals surface area contributed by atoms with Crippen LogP contribution in [0.1, 0.15) is 25.1 Å². The van der Waals surface area contributed by atoms with Crippen molar-refractivity contribution in [2.24, 2.45) is 0 Å². The fourth-order valence-corrected chi connectivity index (χ4v) is 4.58. The van der Waals surface area contributed by atoms with Crippen molar-refractivity contribution in [2.45, 2.75) is 19.4 Å². The molecule has 0 amide bonds. The Labute approximate surface area is 194 Å². The molecule has 5 nitrogen and oxygen atoms in total. The maximum atomic E-state index is 11.0. The zero-order valence-corrected chi connectivity index (χ0v) is 19.1. The highest BCUT2D eigenvalue weighted by Crippen LogP contribution is 2.39. The normalized spacial score (nSPS) is 11.9. The summed E-state index contributed by atoms with van der Waals surface area (Å²) in [4.78, 5) is 12.9. The van der Waals surface area contributed by atoms with Crippen LogP contribution in [0.4, 0.5) is 0 Å². The van der Waals surface area contributed by atoms with Crippen molar-refractivity contribution >= 4 is 35.0 Å². The zero-order chi connectivity index (χ0) is 22.9. The van der Waals surface area contributed by atoms with Crippen LogP contribution in [0.5, 0.6) is 0 Å². The number of hydrogen-bond donors (Lipinski definition) is 2. The summed E-state index contributed by atoms with van der Waals surface area (Å²) in [6.07, 6.45) is 2.73. The Hall–Kier alpha value is -3.19. The second-order valence-corrected chi connectivity index (χ2v) is 9.25. The molecule has 2 aromatic heterocycles. The number of nitrogens with zero attached hydrogens (tertiary/aromatic N) is 2. The fraction of sp³-hybridized carbons (Fsp3) is 0.120. The van der Waals surface area contributed by atoms with E-state index in [1.54, 1.807) is 42.0 Å². The summed E-state index contributed by atoms with van der Waals surface area (Å²) in [5.41, 5.74) is 2.71. The molecule has 0 bridgehead atoms. The number of thiophene rings is 1. The van der Waals surface area contributed by atoms with Gasteiger partial charge < -0.3 is 10.2 Å². The summed E-state index contributed by atoms with van der Waals surface area (Å²) in [6, 6.07) is 20.9. The molecular weight excluding hydrogens is 444 g/mol. The minimum atomic E-state index is -1.12. The third-order valence-electron chi connectivity index (χ3n) is 4.91. The van der Waals surface area contributed by atoms with E-state index in [-0.39, 0.29) is 0 Å². The average molecular weight is 465 g/mol. The first-order valence-electron chi connectivity index (χ1n) is 9.92. The van der Waals surface area contributed by atoms with Crippen molar-refractivity contribution in [1.29, 1.82) is 0 Å². The van der Waals surface area contributed by atoms with Gasteiger partial charge in [0.05, 0.1) is 27.0 Å². The van der Waals surface area contributed by atoms with E-state index in [4.69, 9.17) is 16.7 Å². The van der Waals surface area contributed by atoms with Gasteiger partial charge in [-0.05, 0) is 61.4 Å². The van der Waals surface area contributed by atoms with E-state index in [1.165, 1.54) is 0 Å². The van der Waals surface area contributed by atoms with Gasteiger partial charge in [0.15, 0.2) is 0 Å². The average Bonchev–Trinajstić information content (AvgIpc) is 3.40. The number of aliphatic carboxylic acids is 1. The molecule has 0 saturated carbocycles. The van der Waals surface area contributed by atoms with E-state index < -0.39 is 11.6 Å². The van der Waals surface area contributed by atoms with E-state index in [2.05, 4.69) is 5.10 Å². The molecule has 2 aromatic carbocycles. The van der Waals surface area contributed by atoms with E-state index in [0.717, 1.165) is 38.3 Å². The Morgan fingerprint density at radius 1 is 1.06 bits per heavy atom. The van der Waals surface area contributed by atoms with Crippen molar-refractivity contribution in [3.63, 3.8) is 0 Å². The summed E-state index contributed by atoms with van der Waals surface area (Å²) in [5.74, 6) is -0.991. The molecule has 0 aliphatic heterocycles. The van der Waals surface area contributed by atoms with Gasteiger partial charge in [-0.25, -0.2) is 9.48 Å². The summed E-state index contributed by atoms with van der Waals surface area (Å²) in [6.45, 7) is 3.39. The van der Waals surface area contributed by atoms with E-state index in [0.29, 0.717) is 10.7 Å². The van der Waals surface area contributed by atoms with Crippen LogP contribution < -0.4 is 0 Å². The molecule has 0 spiro atoms. The number of benzene rings is 2. The molecule has 0 aliphatic rings. The second-order valence-electron chi connectivity index (χ2n) is 7.76. The molecule has 2 N–H and O–H groups in total. The molecule has 0 radical (unpaired) electrons. The Morgan fingerprint density at radius 2 is 1.75 bits per heavy atom. The van der Waals surface area contributed by atoms with Gasteiger partial charge in [0.25, 0.3) is 0 Å². The van der Waals surface area contributed by atoms with Gasteiger partial charge in [-0.15, -0.1) is 11.3 Å². The lowest BCUT2D eigenvalue weighted by molar-refractivity contribution is -0.131. The minimum absolute atomic E-state index is 0.534. The summed E-state index contributed by atoms with van der Waals surface area (Å²) < 4.78 is 1.75. The number of aromatic nitrogens is 2. The largest absolute Gasteiger partial charge is 0.478 e. The Bertz CT molecular complexity index is 1310. The maximum absolute atomic E-state index is 11.0. The number of rotatable bonds is 6. The van der Waals surface area contributed by atoms with Gasteiger partial charge in [-0.1, -0.05) is 48.0 Å². The zero-order valence-electron chi connectivity index (χ0n) is 17.5. The maximum Gasteiger partial charge on any atom is 0.328 e. The highest BCUT2D eigenvalue weighted by atomic mass is 35.5. The predicted molar refractivity (Wildman–Crippen MR) is 129 cm³/mol. The second kappa shape index (κ2) is 8.74. The van der Waals surface area contributed by atoms with Gasteiger partial charge >= 0.3 is 5.97 Å². The molecule has 7 heteroatoms. The molecule has 4 aromatic rings.